The second kappa shape index (κ2) is 7.58. The summed E-state index contributed by atoms with van der Waals surface area (Å²) < 4.78 is 12.5. The zero-order valence-electron chi connectivity index (χ0n) is 15.1. The number of amides is 1. The summed E-state index contributed by atoms with van der Waals surface area (Å²) in [6.07, 6.45) is 0.884. The highest BCUT2D eigenvalue weighted by Crippen LogP contribution is 2.30. The number of nitro benzene ring substituents is 1. The first kappa shape index (κ1) is 18.4. The van der Waals surface area contributed by atoms with Crippen LogP contribution >= 0.6 is 0 Å². The van der Waals surface area contributed by atoms with E-state index in [1.807, 2.05) is 12.1 Å². The number of fused-ring (bicyclic) bond motifs is 2. The van der Waals surface area contributed by atoms with Crippen LogP contribution in [0.4, 0.5) is 5.69 Å². The van der Waals surface area contributed by atoms with E-state index in [-0.39, 0.29) is 30.3 Å². The van der Waals surface area contributed by atoms with Crippen molar-refractivity contribution in [2.75, 3.05) is 13.2 Å². The average Bonchev–Trinajstić information content (AvgIpc) is 2.74. The molecule has 1 atom stereocenters. The fourth-order valence-corrected chi connectivity index (χ4v) is 2.98. The standard InChI is InChI=1S/C19H16N4O6/c24-18(20-8-13-10-28-16-3-1-2-4-17(16)29-13)9-22-11-21-15-6-5-12(23(26)27)7-14(15)19(22)25/h1-7,11,13H,8-10H2,(H,20,24). The zero-order valence-corrected chi connectivity index (χ0v) is 15.1. The highest BCUT2D eigenvalue weighted by Gasteiger charge is 2.21. The van der Waals surface area contributed by atoms with E-state index in [1.165, 1.54) is 18.5 Å². The number of aromatic nitrogens is 2. The summed E-state index contributed by atoms with van der Waals surface area (Å²) in [6, 6.07) is 11.1. The molecule has 0 spiro atoms. The summed E-state index contributed by atoms with van der Waals surface area (Å²) in [5, 5.41) is 13.7. The fraction of sp³-hybridized carbons (Fsp3) is 0.211. The van der Waals surface area contributed by atoms with Gasteiger partial charge >= 0.3 is 0 Å². The Kier molecular flexibility index (Phi) is 4.82. The molecule has 10 heteroatoms. The first-order valence-corrected chi connectivity index (χ1v) is 8.80. The van der Waals surface area contributed by atoms with E-state index in [9.17, 15) is 19.7 Å². The van der Waals surface area contributed by atoms with E-state index >= 15 is 0 Å². The Bertz CT molecular complexity index is 1160. The number of non-ortho nitro benzene ring substituents is 1. The van der Waals surface area contributed by atoms with Crippen LogP contribution in [0.3, 0.4) is 0 Å². The number of benzene rings is 2. The summed E-state index contributed by atoms with van der Waals surface area (Å²) in [5.74, 6) is 0.841. The molecule has 148 valence electrons. The number of hydrogen-bond donors (Lipinski definition) is 1. The minimum absolute atomic E-state index is 0.0788. The van der Waals surface area contributed by atoms with Gasteiger partial charge in [0.2, 0.25) is 5.91 Å². The highest BCUT2D eigenvalue weighted by atomic mass is 16.6. The molecule has 0 saturated heterocycles. The molecule has 3 aromatic rings. The maximum atomic E-state index is 12.6. The van der Waals surface area contributed by atoms with Crippen LogP contribution in [0.15, 0.2) is 53.6 Å². The van der Waals surface area contributed by atoms with Crippen LogP contribution in [0.2, 0.25) is 0 Å². The van der Waals surface area contributed by atoms with Crippen molar-refractivity contribution in [1.82, 2.24) is 14.9 Å². The number of nitrogens with one attached hydrogen (secondary N) is 1. The monoisotopic (exact) mass is 396 g/mol. The molecular weight excluding hydrogens is 380 g/mol. The normalized spacial score (nSPS) is 15.1. The lowest BCUT2D eigenvalue weighted by atomic mass is 10.2. The van der Waals surface area contributed by atoms with Crippen LogP contribution in [0, 0.1) is 10.1 Å². The molecule has 1 aliphatic heterocycles. The number of para-hydroxylation sites is 2. The van der Waals surface area contributed by atoms with E-state index < -0.39 is 16.4 Å². The van der Waals surface area contributed by atoms with Gasteiger partial charge in [0.25, 0.3) is 11.2 Å². The SMILES string of the molecule is O=C(Cn1cnc2ccc([N+](=O)[O-])cc2c1=O)NCC1COc2ccccc2O1. The number of rotatable bonds is 5. The molecule has 1 amide bonds. The van der Waals surface area contributed by atoms with Crippen LogP contribution in [0.1, 0.15) is 0 Å². The minimum atomic E-state index is -0.590. The van der Waals surface area contributed by atoms with Crippen LogP contribution in [-0.2, 0) is 11.3 Å². The molecule has 2 heterocycles. The number of ether oxygens (including phenoxy) is 2. The Hall–Kier alpha value is -3.95. The first-order valence-electron chi connectivity index (χ1n) is 8.80. The third-order valence-electron chi connectivity index (χ3n) is 4.43. The Morgan fingerprint density at radius 1 is 1.28 bits per heavy atom. The molecule has 1 unspecified atom stereocenters. The number of carbonyl (C=O) groups excluding carboxylic acids is 1. The molecule has 1 aliphatic rings. The van der Waals surface area contributed by atoms with Crippen molar-refractivity contribution in [2.45, 2.75) is 12.6 Å². The lowest BCUT2D eigenvalue weighted by Crippen LogP contribution is -2.42. The molecule has 0 fully saturated rings. The van der Waals surface area contributed by atoms with Gasteiger partial charge in [-0.25, -0.2) is 4.98 Å². The topological polar surface area (TPSA) is 126 Å². The van der Waals surface area contributed by atoms with E-state index in [0.717, 1.165) is 10.6 Å². The molecule has 0 bridgehead atoms. The average molecular weight is 396 g/mol. The zero-order chi connectivity index (χ0) is 20.4. The van der Waals surface area contributed by atoms with E-state index in [1.54, 1.807) is 12.1 Å². The largest absolute Gasteiger partial charge is 0.486 e. The van der Waals surface area contributed by atoms with Gasteiger partial charge in [-0.15, -0.1) is 0 Å². The summed E-state index contributed by atoms with van der Waals surface area (Å²) in [6.45, 7) is 0.224. The van der Waals surface area contributed by atoms with E-state index in [4.69, 9.17) is 9.47 Å². The van der Waals surface area contributed by atoms with Crippen LogP contribution in [-0.4, -0.2) is 39.6 Å². The summed E-state index contributed by atoms with van der Waals surface area (Å²) in [4.78, 5) is 39.2. The van der Waals surface area contributed by atoms with Crippen LogP contribution < -0.4 is 20.3 Å². The Morgan fingerprint density at radius 3 is 2.86 bits per heavy atom. The molecule has 0 saturated carbocycles. The van der Waals surface area contributed by atoms with Gasteiger partial charge in [0.1, 0.15) is 19.3 Å². The second-order valence-corrected chi connectivity index (χ2v) is 6.44. The molecule has 1 N–H and O–H groups in total. The smallest absolute Gasteiger partial charge is 0.270 e. The van der Waals surface area contributed by atoms with Gasteiger partial charge in [0, 0.05) is 12.1 Å². The van der Waals surface area contributed by atoms with Gasteiger partial charge in [-0.2, -0.15) is 0 Å². The summed E-state index contributed by atoms with van der Waals surface area (Å²) in [5.41, 5.74) is -0.419. The minimum Gasteiger partial charge on any atom is -0.486 e. The third kappa shape index (κ3) is 3.86. The van der Waals surface area contributed by atoms with Gasteiger partial charge in [0.05, 0.1) is 28.7 Å². The molecule has 1 aromatic heterocycles. The quantitative estimate of drug-likeness (QED) is 0.508. The van der Waals surface area contributed by atoms with Crippen molar-refractivity contribution in [2.24, 2.45) is 0 Å². The predicted molar refractivity (Wildman–Crippen MR) is 102 cm³/mol. The Labute approximate surface area is 163 Å². The molecule has 4 rings (SSSR count). The van der Waals surface area contributed by atoms with E-state index in [0.29, 0.717) is 23.6 Å². The maximum absolute atomic E-state index is 12.6. The Balaban J connectivity index is 1.42. The van der Waals surface area contributed by atoms with Crippen LogP contribution in [0.5, 0.6) is 11.5 Å². The second-order valence-electron chi connectivity index (χ2n) is 6.44. The van der Waals surface area contributed by atoms with Gasteiger partial charge in [-0.05, 0) is 18.2 Å². The summed E-state index contributed by atoms with van der Waals surface area (Å²) in [7, 11) is 0. The number of nitrogens with zero attached hydrogens (tertiary/aromatic N) is 3. The van der Waals surface area contributed by atoms with Crippen molar-refractivity contribution in [3.63, 3.8) is 0 Å². The van der Waals surface area contributed by atoms with Gasteiger partial charge in [-0.3, -0.25) is 24.3 Å². The number of hydrogen-bond acceptors (Lipinski definition) is 7. The Morgan fingerprint density at radius 2 is 2.07 bits per heavy atom. The lowest BCUT2D eigenvalue weighted by Gasteiger charge is -2.26. The third-order valence-corrected chi connectivity index (χ3v) is 4.43. The lowest BCUT2D eigenvalue weighted by molar-refractivity contribution is -0.384. The first-order chi connectivity index (χ1) is 14.0. The molecule has 0 radical (unpaired) electrons. The fourth-order valence-electron chi connectivity index (χ4n) is 2.98. The van der Waals surface area contributed by atoms with Crippen LogP contribution in [0.25, 0.3) is 10.9 Å². The molecule has 29 heavy (non-hydrogen) atoms. The van der Waals surface area contributed by atoms with E-state index in [2.05, 4.69) is 10.3 Å². The maximum Gasteiger partial charge on any atom is 0.270 e. The summed E-state index contributed by atoms with van der Waals surface area (Å²) >= 11 is 0. The molecule has 2 aromatic carbocycles. The van der Waals surface area contributed by atoms with Crippen molar-refractivity contribution in [1.29, 1.82) is 0 Å². The van der Waals surface area contributed by atoms with Crippen molar-refractivity contribution < 1.29 is 19.2 Å². The molecular formula is C19H16N4O6. The number of carbonyl (C=O) groups is 1. The number of nitro groups is 1. The molecule has 0 aliphatic carbocycles. The van der Waals surface area contributed by atoms with Gasteiger partial charge in [-0.1, -0.05) is 12.1 Å². The van der Waals surface area contributed by atoms with Gasteiger partial charge < -0.3 is 14.8 Å². The van der Waals surface area contributed by atoms with Crippen molar-refractivity contribution >= 4 is 22.5 Å². The predicted octanol–water partition coefficient (Wildman–Crippen LogP) is 1.26. The highest BCUT2D eigenvalue weighted by molar-refractivity contribution is 5.80. The molecule has 10 nitrogen and oxygen atoms in total. The van der Waals surface area contributed by atoms with Crippen molar-refractivity contribution in [3.8, 4) is 11.5 Å². The van der Waals surface area contributed by atoms with Crippen molar-refractivity contribution in [3.05, 3.63) is 69.3 Å². The van der Waals surface area contributed by atoms with Gasteiger partial charge in [0.15, 0.2) is 11.5 Å².